The summed E-state index contributed by atoms with van der Waals surface area (Å²) >= 11 is 0. The van der Waals surface area contributed by atoms with E-state index in [1.807, 2.05) is 13.8 Å². The molecule has 21 N–H and O–H groups in total. The highest BCUT2D eigenvalue weighted by molar-refractivity contribution is 5.01. The first kappa shape index (κ1) is 68.1. The van der Waals surface area contributed by atoms with Crippen molar-refractivity contribution in [3.05, 3.63) is 0 Å². The van der Waals surface area contributed by atoms with Crippen molar-refractivity contribution in [2.45, 2.75) is 229 Å². The second-order valence-electron chi connectivity index (χ2n) is 20.4. The van der Waals surface area contributed by atoms with E-state index in [0.717, 1.165) is 13.2 Å². The van der Waals surface area contributed by atoms with Gasteiger partial charge in [-0.25, -0.2) is 0 Å². The van der Waals surface area contributed by atoms with Crippen molar-refractivity contribution < 1.29 is 178 Å². The predicted molar refractivity (Wildman–Crippen MR) is 251 cm³/mol. The number of aliphatic hydroxyl groups is 21. The van der Waals surface area contributed by atoms with Crippen molar-refractivity contribution in [3.8, 4) is 0 Å². The molecule has 36 nitrogen and oxygen atoms in total. The van der Waals surface area contributed by atoms with E-state index in [1.165, 1.54) is 0 Å². The Balaban J connectivity index is 0.00000185. The highest BCUT2D eigenvalue weighted by Gasteiger charge is 2.59. The van der Waals surface area contributed by atoms with E-state index in [4.69, 9.17) is 71.1 Å². The molecule has 0 aliphatic carbocycles. The number of aliphatic hydroxyl groups excluding tert-OH is 21. The third kappa shape index (κ3) is 14.2. The van der Waals surface area contributed by atoms with E-state index in [1.54, 1.807) is 0 Å². The average Bonchev–Trinajstić information content (AvgIpc) is 3.57. The Morgan fingerprint density at radius 2 is 0.329 bits per heavy atom. The smallest absolute Gasteiger partial charge is 0.187 e. The summed E-state index contributed by atoms with van der Waals surface area (Å²) < 4.78 is 84.3. The number of hydrogen-bond donors (Lipinski definition) is 21. The molecule has 0 unspecified atom stereocenters. The first-order chi connectivity index (χ1) is 39.1. The Hall–Kier alpha value is -1.44. The van der Waals surface area contributed by atoms with E-state index in [9.17, 15) is 107 Å². The van der Waals surface area contributed by atoms with Crippen molar-refractivity contribution in [2.24, 2.45) is 0 Å². The molecule has 21 aliphatic heterocycles. The predicted octanol–water partition coefficient (Wildman–Crippen LogP) is -14.2. The quantitative estimate of drug-likeness (QED) is 0.102. The molecule has 21 saturated heterocycles. The summed E-state index contributed by atoms with van der Waals surface area (Å²) in [5.41, 5.74) is 0. The molecule has 0 spiro atoms. The third-order valence-electron chi connectivity index (χ3n) is 15.2. The molecule has 35 atom stereocenters. The van der Waals surface area contributed by atoms with Gasteiger partial charge in [-0.1, -0.05) is 0 Å². The van der Waals surface area contributed by atoms with E-state index in [2.05, 4.69) is 0 Å². The van der Waals surface area contributed by atoms with Gasteiger partial charge in [-0.2, -0.15) is 0 Å². The maximum Gasteiger partial charge on any atom is 0.187 e. The fourth-order valence-electron chi connectivity index (χ4n) is 10.6. The normalized spacial score (nSPS) is 52.5. The van der Waals surface area contributed by atoms with Crippen LogP contribution in [0.4, 0.5) is 0 Å². The van der Waals surface area contributed by atoms with Gasteiger partial charge in [0, 0.05) is 13.2 Å². The highest BCUT2D eigenvalue weighted by Crippen LogP contribution is 2.39. The van der Waals surface area contributed by atoms with Crippen LogP contribution in [0, 0.1) is 0 Å². The van der Waals surface area contributed by atoms with Gasteiger partial charge in [0.15, 0.2) is 44.0 Å². The van der Waals surface area contributed by atoms with Gasteiger partial charge in [0.1, 0.15) is 171 Å². The topological polar surface area (TPSA) is 563 Å². The summed E-state index contributed by atoms with van der Waals surface area (Å²) in [6, 6.07) is 0. The monoisotopic (exact) mass is 1210 g/mol. The fourth-order valence-corrected chi connectivity index (χ4v) is 10.6. The average molecular weight is 1210 g/mol. The van der Waals surface area contributed by atoms with Gasteiger partial charge in [-0.3, -0.25) is 0 Å². The van der Waals surface area contributed by atoms with Crippen LogP contribution >= 0.6 is 0 Å². The number of rotatable bonds is 9. The van der Waals surface area contributed by atoms with Crippen LogP contribution in [-0.2, 0) is 71.1 Å². The lowest BCUT2D eigenvalue weighted by Crippen LogP contribution is -2.68. The molecule has 0 aromatic rings. The highest BCUT2D eigenvalue weighted by atomic mass is 16.8. The van der Waals surface area contributed by atoms with Crippen LogP contribution in [0.1, 0.15) is 13.8 Å². The van der Waals surface area contributed by atoms with Crippen LogP contribution in [0.25, 0.3) is 0 Å². The van der Waals surface area contributed by atoms with E-state index < -0.39 is 261 Å². The standard InChI is InChI=1S/C42H70O35.C4H10O/c43-1-8-29-15(50)22(57)36(64-8)72-30-9(2-44)66-38(24(59)17(30)52)74-32-11(4-46)68-40(26(61)19(32)54)76-34-13(6-48)70-42(28(63)21(34)56)77-35-14(7-49)69-41(27(62)20(35)55)75-33-12(5-47)67-39(25(60)18(33)53)73-31-10(3-45)65-37(71-29)23(58)16(31)51;1-3-5-4-2/h8-63H,1-7H2;3-4H2,1-2H3/t8-,9-,10-,11-,12-,13-,14-,15-,16-,17-,18-,19-,20-,21-,22-,23-,24-,25-,26-,27-,28-,29-,30-,31-,32-,33-,34-,35-,36-,37-,38-,39-,40-,41-,42-;/m1./s1. The second kappa shape index (κ2) is 30.2. The Bertz CT molecular complexity index is 1520. The molecule has 21 fully saturated rings. The largest absolute Gasteiger partial charge is 0.394 e. The number of ether oxygens (including phenoxy) is 15. The molecule has 21 rings (SSSR count). The Morgan fingerprint density at radius 1 is 0.207 bits per heavy atom. The first-order valence-corrected chi connectivity index (χ1v) is 26.6. The van der Waals surface area contributed by atoms with E-state index in [0.29, 0.717) is 0 Å². The van der Waals surface area contributed by atoms with E-state index in [-0.39, 0.29) is 0 Å². The van der Waals surface area contributed by atoms with Gasteiger partial charge in [0.25, 0.3) is 0 Å². The maximum absolute atomic E-state index is 11.3. The molecule has 0 saturated carbocycles. The lowest BCUT2D eigenvalue weighted by atomic mass is 9.95. The van der Waals surface area contributed by atoms with Gasteiger partial charge in [-0.05, 0) is 13.8 Å². The number of hydrogen-bond acceptors (Lipinski definition) is 36. The van der Waals surface area contributed by atoms with Crippen LogP contribution in [0.15, 0.2) is 0 Å². The van der Waals surface area contributed by atoms with Crippen molar-refractivity contribution in [3.63, 3.8) is 0 Å². The minimum atomic E-state index is -2.21. The molecule has 480 valence electrons. The van der Waals surface area contributed by atoms with Crippen LogP contribution in [0.2, 0.25) is 0 Å². The Labute approximate surface area is 466 Å². The molecule has 0 aromatic heterocycles. The summed E-state index contributed by atoms with van der Waals surface area (Å²) in [6.07, 6.45) is -70.2. The van der Waals surface area contributed by atoms with Crippen LogP contribution in [0.5, 0.6) is 0 Å². The summed E-state index contributed by atoms with van der Waals surface area (Å²) in [6.45, 7) is -1.66. The van der Waals surface area contributed by atoms with E-state index >= 15 is 0 Å². The van der Waals surface area contributed by atoms with Crippen LogP contribution in [-0.4, -0.2) is 382 Å². The Kier molecular flexibility index (Phi) is 25.0. The van der Waals surface area contributed by atoms with Crippen LogP contribution < -0.4 is 0 Å². The van der Waals surface area contributed by atoms with Crippen molar-refractivity contribution in [1.29, 1.82) is 0 Å². The Morgan fingerprint density at radius 3 is 0.415 bits per heavy atom. The summed E-state index contributed by atoms with van der Waals surface area (Å²) in [4.78, 5) is 0. The first-order valence-electron chi connectivity index (χ1n) is 26.6. The summed E-state index contributed by atoms with van der Waals surface area (Å²) in [5.74, 6) is 0. The summed E-state index contributed by atoms with van der Waals surface area (Å²) in [7, 11) is 0. The summed E-state index contributed by atoms with van der Waals surface area (Å²) in [5, 5.41) is 230. The minimum Gasteiger partial charge on any atom is -0.394 e. The van der Waals surface area contributed by atoms with Crippen LogP contribution in [0.3, 0.4) is 0 Å². The zero-order chi connectivity index (χ0) is 60.2. The van der Waals surface area contributed by atoms with Gasteiger partial charge >= 0.3 is 0 Å². The maximum atomic E-state index is 11.3. The molecule has 0 amide bonds. The third-order valence-corrected chi connectivity index (χ3v) is 15.2. The SMILES string of the molecule is CCOCC.OC[C@H]1O[C@@H]2O[C@H]3[C@H](O)[C@@H](O)[C@@H](O[C@H]4[C@H](O)[C@@H](O)[C@@H](O[C@H]5[C@H](O)[C@@H](O)[C@@H](O[C@H]6[C@H](O)[C@@H](O)[C@@H](O[C@H]7[C@H](O)[C@@H](O)[C@@H](O[C@H]8[C@H](O)[C@@H](O)[C@@H](O[C@H]1[C@H](O)[C@H]2O)O[C@@H]8CO)O[C@@H]7CO)O[C@@H]6CO)O[C@@H]5CO)O[C@@H]4CO)O[C@@H]3CO. The molecule has 0 radical (unpaired) electrons. The molecule has 0 aromatic carbocycles. The lowest BCUT2D eigenvalue weighted by Gasteiger charge is -2.50. The molecular weight excluding hydrogens is 1130 g/mol. The molecule has 36 heteroatoms. The fraction of sp³-hybridized carbons (Fsp3) is 1.00. The van der Waals surface area contributed by atoms with Crippen molar-refractivity contribution in [2.75, 3.05) is 59.5 Å². The van der Waals surface area contributed by atoms with Gasteiger partial charge in [-0.15, -0.1) is 0 Å². The van der Waals surface area contributed by atoms with Gasteiger partial charge in [0.2, 0.25) is 0 Å². The van der Waals surface area contributed by atoms with Crippen molar-refractivity contribution >= 4 is 0 Å². The lowest BCUT2D eigenvalue weighted by molar-refractivity contribution is -0.396. The van der Waals surface area contributed by atoms with Gasteiger partial charge < -0.3 is 178 Å². The zero-order valence-electron chi connectivity index (χ0n) is 44.1. The minimum absolute atomic E-state index is 0.844. The molecular formula is C46H80O36. The molecule has 21 heterocycles. The van der Waals surface area contributed by atoms with Crippen molar-refractivity contribution in [1.82, 2.24) is 0 Å². The van der Waals surface area contributed by atoms with Gasteiger partial charge in [0.05, 0.1) is 46.2 Å². The second-order valence-corrected chi connectivity index (χ2v) is 20.4. The zero-order valence-corrected chi connectivity index (χ0v) is 44.1. The molecule has 14 bridgehead atoms. The molecule has 21 aliphatic rings. The molecule has 82 heavy (non-hydrogen) atoms.